The van der Waals surface area contributed by atoms with Gasteiger partial charge in [0.2, 0.25) is 0 Å². The van der Waals surface area contributed by atoms with E-state index in [1.165, 1.54) is 0 Å². The Bertz CT molecular complexity index is 122. The quantitative estimate of drug-likeness (QED) is 0.632. The van der Waals surface area contributed by atoms with Gasteiger partial charge in [-0.05, 0) is 51.9 Å². The minimum Gasteiger partial charge on any atom is -0.393 e. The summed E-state index contributed by atoms with van der Waals surface area (Å²) >= 11 is 0. The van der Waals surface area contributed by atoms with E-state index in [2.05, 4.69) is 11.9 Å². The van der Waals surface area contributed by atoms with Crippen molar-refractivity contribution in [1.82, 2.24) is 4.90 Å². The Hall–Kier alpha value is -0.120. The molecule has 1 fully saturated rings. The van der Waals surface area contributed by atoms with Gasteiger partial charge in [0.05, 0.1) is 6.10 Å². The van der Waals surface area contributed by atoms with E-state index in [1.54, 1.807) is 0 Å². The van der Waals surface area contributed by atoms with Crippen molar-refractivity contribution < 1.29 is 5.11 Å². The number of aliphatic hydroxyl groups is 1. The summed E-state index contributed by atoms with van der Waals surface area (Å²) in [6.45, 7) is 2.84. The molecule has 1 saturated heterocycles. The molecule has 72 valence electrons. The predicted molar refractivity (Wildman–Crippen MR) is 49.9 cm³/mol. The summed E-state index contributed by atoms with van der Waals surface area (Å²) in [5.41, 5.74) is 5.39. The molecule has 0 aromatic heterocycles. The zero-order valence-electron chi connectivity index (χ0n) is 7.87. The van der Waals surface area contributed by atoms with Crippen molar-refractivity contribution in [2.45, 2.75) is 25.4 Å². The Morgan fingerprint density at radius 3 is 2.58 bits per heavy atom. The monoisotopic (exact) mass is 172 g/mol. The van der Waals surface area contributed by atoms with Gasteiger partial charge in [0.25, 0.3) is 0 Å². The Balaban J connectivity index is 2.24. The molecule has 0 aliphatic carbocycles. The Kier molecular flexibility index (Phi) is 3.98. The lowest BCUT2D eigenvalue weighted by Crippen LogP contribution is -2.36. The summed E-state index contributed by atoms with van der Waals surface area (Å²) in [5, 5.41) is 9.66. The molecule has 0 aromatic carbocycles. The van der Waals surface area contributed by atoms with Crippen molar-refractivity contribution in [3.05, 3.63) is 0 Å². The van der Waals surface area contributed by atoms with E-state index >= 15 is 0 Å². The Morgan fingerprint density at radius 2 is 2.08 bits per heavy atom. The van der Waals surface area contributed by atoms with E-state index < -0.39 is 0 Å². The molecule has 0 unspecified atom stereocenters. The lowest BCUT2D eigenvalue weighted by Gasteiger charge is -2.31. The number of hydrogen-bond donors (Lipinski definition) is 2. The van der Waals surface area contributed by atoms with Crippen LogP contribution in [0.25, 0.3) is 0 Å². The normalized spacial score (nSPS) is 24.2. The number of nitrogens with two attached hydrogens (primary N) is 1. The molecule has 1 heterocycles. The van der Waals surface area contributed by atoms with Gasteiger partial charge in [-0.1, -0.05) is 0 Å². The first-order chi connectivity index (χ1) is 5.74. The summed E-state index contributed by atoms with van der Waals surface area (Å²) in [7, 11) is 2.13. The molecule has 0 amide bonds. The predicted octanol–water partition coefficient (Wildman–Crippen LogP) is 0.0379. The third-order valence-corrected chi connectivity index (χ3v) is 2.77. The van der Waals surface area contributed by atoms with Crippen LogP contribution < -0.4 is 5.73 Å². The number of likely N-dealkylation sites (tertiary alicyclic amines) is 1. The fraction of sp³-hybridized carbons (Fsp3) is 1.00. The molecule has 1 aliphatic rings. The van der Waals surface area contributed by atoms with E-state index in [0.29, 0.717) is 12.5 Å². The van der Waals surface area contributed by atoms with Crippen molar-refractivity contribution in [3.63, 3.8) is 0 Å². The van der Waals surface area contributed by atoms with Crippen molar-refractivity contribution in [2.75, 3.05) is 26.7 Å². The first kappa shape index (κ1) is 9.96. The van der Waals surface area contributed by atoms with Crippen molar-refractivity contribution >= 4 is 0 Å². The highest BCUT2D eigenvalue weighted by Crippen LogP contribution is 2.20. The van der Waals surface area contributed by atoms with Crippen molar-refractivity contribution in [3.8, 4) is 0 Å². The molecule has 1 aliphatic heterocycles. The Morgan fingerprint density at radius 1 is 1.50 bits per heavy atom. The van der Waals surface area contributed by atoms with Crippen LogP contribution >= 0.6 is 0 Å². The van der Waals surface area contributed by atoms with Gasteiger partial charge in [0.1, 0.15) is 0 Å². The van der Waals surface area contributed by atoms with Gasteiger partial charge in [-0.2, -0.15) is 0 Å². The number of hydrogen-bond acceptors (Lipinski definition) is 3. The van der Waals surface area contributed by atoms with Crippen molar-refractivity contribution in [2.24, 2.45) is 11.7 Å². The lowest BCUT2D eigenvalue weighted by molar-refractivity contribution is 0.0617. The minimum absolute atomic E-state index is 0.163. The van der Waals surface area contributed by atoms with Crippen LogP contribution in [-0.2, 0) is 0 Å². The second kappa shape index (κ2) is 4.80. The van der Waals surface area contributed by atoms with Crippen LogP contribution in [-0.4, -0.2) is 42.8 Å². The van der Waals surface area contributed by atoms with E-state index in [4.69, 9.17) is 5.73 Å². The van der Waals surface area contributed by atoms with Crippen LogP contribution in [0.15, 0.2) is 0 Å². The molecule has 0 spiro atoms. The molecule has 3 nitrogen and oxygen atoms in total. The number of nitrogens with zero attached hydrogens (tertiary/aromatic N) is 1. The third-order valence-electron chi connectivity index (χ3n) is 2.77. The number of aliphatic hydroxyl groups excluding tert-OH is 1. The fourth-order valence-electron chi connectivity index (χ4n) is 1.82. The average Bonchev–Trinajstić information content (AvgIpc) is 2.06. The average molecular weight is 172 g/mol. The molecule has 3 N–H and O–H groups in total. The van der Waals surface area contributed by atoms with Crippen LogP contribution in [0.1, 0.15) is 19.3 Å². The van der Waals surface area contributed by atoms with E-state index in [9.17, 15) is 5.11 Å². The highest BCUT2D eigenvalue weighted by atomic mass is 16.3. The maximum absolute atomic E-state index is 9.66. The van der Waals surface area contributed by atoms with Gasteiger partial charge in [-0.15, -0.1) is 0 Å². The maximum Gasteiger partial charge on any atom is 0.0581 e. The van der Waals surface area contributed by atoms with E-state index in [-0.39, 0.29) is 6.10 Å². The van der Waals surface area contributed by atoms with Crippen LogP contribution in [0.5, 0.6) is 0 Å². The summed E-state index contributed by atoms with van der Waals surface area (Å²) in [5.74, 6) is 0.491. The molecule has 12 heavy (non-hydrogen) atoms. The summed E-state index contributed by atoms with van der Waals surface area (Å²) in [6, 6.07) is 0. The zero-order chi connectivity index (χ0) is 8.97. The van der Waals surface area contributed by atoms with Gasteiger partial charge in [-0.3, -0.25) is 0 Å². The SMILES string of the molecule is CN1CCC([C@@H](O)CCN)CC1. The molecule has 0 saturated carbocycles. The molecule has 1 rings (SSSR count). The first-order valence-corrected chi connectivity index (χ1v) is 4.80. The summed E-state index contributed by atoms with van der Waals surface area (Å²) in [6.07, 6.45) is 2.84. The fourth-order valence-corrected chi connectivity index (χ4v) is 1.82. The van der Waals surface area contributed by atoms with Gasteiger partial charge in [0, 0.05) is 0 Å². The second-order valence-electron chi connectivity index (χ2n) is 3.79. The molecule has 0 bridgehead atoms. The van der Waals surface area contributed by atoms with Crippen LogP contribution in [0, 0.1) is 5.92 Å². The smallest absolute Gasteiger partial charge is 0.0581 e. The maximum atomic E-state index is 9.66. The molecule has 0 radical (unpaired) electrons. The van der Waals surface area contributed by atoms with Gasteiger partial charge >= 0.3 is 0 Å². The molecular weight excluding hydrogens is 152 g/mol. The van der Waals surface area contributed by atoms with Crippen LogP contribution in [0.3, 0.4) is 0 Å². The topological polar surface area (TPSA) is 49.5 Å². The zero-order valence-corrected chi connectivity index (χ0v) is 7.87. The lowest BCUT2D eigenvalue weighted by atomic mass is 9.90. The first-order valence-electron chi connectivity index (χ1n) is 4.80. The second-order valence-corrected chi connectivity index (χ2v) is 3.79. The highest BCUT2D eigenvalue weighted by Gasteiger charge is 2.22. The number of piperidine rings is 1. The largest absolute Gasteiger partial charge is 0.393 e. The van der Waals surface area contributed by atoms with Crippen LogP contribution in [0.4, 0.5) is 0 Å². The Labute approximate surface area is 74.5 Å². The molecule has 0 aromatic rings. The van der Waals surface area contributed by atoms with Crippen LogP contribution in [0.2, 0.25) is 0 Å². The van der Waals surface area contributed by atoms with Crippen molar-refractivity contribution in [1.29, 1.82) is 0 Å². The molecular formula is C9H20N2O. The molecule has 1 atom stereocenters. The third kappa shape index (κ3) is 2.73. The summed E-state index contributed by atoms with van der Waals surface area (Å²) < 4.78 is 0. The van der Waals surface area contributed by atoms with E-state index in [1.807, 2.05) is 0 Å². The van der Waals surface area contributed by atoms with Gasteiger partial charge in [-0.25, -0.2) is 0 Å². The van der Waals surface area contributed by atoms with Gasteiger partial charge in [0.15, 0.2) is 0 Å². The van der Waals surface area contributed by atoms with Gasteiger partial charge < -0.3 is 15.7 Å². The number of rotatable bonds is 3. The summed E-state index contributed by atoms with van der Waals surface area (Å²) in [4.78, 5) is 2.31. The standard InChI is InChI=1S/C9H20N2O/c1-11-6-3-8(4-7-11)9(12)2-5-10/h8-9,12H,2-7,10H2,1H3/t9-/m0/s1. The minimum atomic E-state index is -0.163. The highest BCUT2D eigenvalue weighted by molar-refractivity contribution is 4.76. The molecule has 3 heteroatoms. The van der Waals surface area contributed by atoms with E-state index in [0.717, 1.165) is 32.4 Å².